The Morgan fingerprint density at radius 2 is 2.11 bits per heavy atom. The fourth-order valence-electron chi connectivity index (χ4n) is 1.40. The highest BCUT2D eigenvalue weighted by Crippen LogP contribution is 2.24. The van der Waals surface area contributed by atoms with E-state index >= 15 is 0 Å². The molecule has 0 aliphatic rings. The van der Waals surface area contributed by atoms with Crippen molar-refractivity contribution in [3.05, 3.63) is 33.9 Å². The lowest BCUT2D eigenvalue weighted by Gasteiger charge is -2.10. The molecule has 8 heteroatoms. The van der Waals surface area contributed by atoms with Gasteiger partial charge in [0.15, 0.2) is 0 Å². The van der Waals surface area contributed by atoms with Crippen LogP contribution < -0.4 is 5.32 Å². The lowest BCUT2D eigenvalue weighted by molar-refractivity contribution is -0.384. The molecule has 0 heterocycles. The van der Waals surface area contributed by atoms with Crippen LogP contribution in [0.3, 0.4) is 0 Å². The van der Waals surface area contributed by atoms with Crippen LogP contribution in [-0.2, 0) is 4.74 Å². The van der Waals surface area contributed by atoms with Gasteiger partial charge in [-0.05, 0) is 18.6 Å². The summed E-state index contributed by atoms with van der Waals surface area (Å²) in [5, 5.41) is 13.4. The number of nitro groups is 1. The maximum absolute atomic E-state index is 11.8. The van der Waals surface area contributed by atoms with Crippen molar-refractivity contribution in [2.24, 2.45) is 0 Å². The van der Waals surface area contributed by atoms with Crippen molar-refractivity contribution in [2.75, 3.05) is 25.1 Å². The molecule has 1 N–H and O–H groups in total. The minimum absolute atomic E-state index is 0.0559. The van der Waals surface area contributed by atoms with Gasteiger partial charge < -0.3 is 10.1 Å². The smallest absolute Gasteiger partial charge is 0.377 e. The Labute approximate surface area is 107 Å². The number of aryl methyl sites for hydroxylation is 1. The van der Waals surface area contributed by atoms with Gasteiger partial charge in [-0.1, -0.05) is 6.07 Å². The van der Waals surface area contributed by atoms with E-state index in [1.54, 1.807) is 19.1 Å². The first kappa shape index (κ1) is 15.2. The molecule has 1 aromatic rings. The Balaban J connectivity index is 2.49. The first-order valence-corrected chi connectivity index (χ1v) is 5.43. The van der Waals surface area contributed by atoms with Crippen LogP contribution in [-0.4, -0.2) is 30.9 Å². The number of hydrogen-bond donors (Lipinski definition) is 1. The third-order valence-electron chi connectivity index (χ3n) is 2.18. The van der Waals surface area contributed by atoms with Gasteiger partial charge in [-0.25, -0.2) is 0 Å². The number of halogens is 3. The molecule has 0 aliphatic carbocycles. The van der Waals surface area contributed by atoms with Gasteiger partial charge in [0.2, 0.25) is 0 Å². The number of hydrogen-bond acceptors (Lipinski definition) is 4. The molecule has 0 unspecified atom stereocenters. The Bertz CT molecular complexity index is 449. The number of ether oxygens (including phenoxy) is 1. The van der Waals surface area contributed by atoms with Crippen LogP contribution >= 0.6 is 0 Å². The molecule has 0 aliphatic heterocycles. The Morgan fingerprint density at radius 3 is 2.68 bits per heavy atom. The molecule has 0 aromatic heterocycles. The van der Waals surface area contributed by atoms with Crippen molar-refractivity contribution < 1.29 is 22.8 Å². The number of anilines is 1. The zero-order valence-electron chi connectivity index (χ0n) is 10.2. The standard InChI is InChI=1S/C11H13F3N2O3/c1-8-2-3-10(16(17)18)9(6-8)15-4-5-19-7-11(12,13)14/h2-3,6,15H,4-5,7H2,1H3. The molecule has 0 saturated heterocycles. The third-order valence-corrected chi connectivity index (χ3v) is 2.18. The average molecular weight is 278 g/mol. The predicted molar refractivity (Wildman–Crippen MR) is 63.2 cm³/mol. The SMILES string of the molecule is Cc1ccc([N+](=O)[O-])c(NCCOCC(F)(F)F)c1. The van der Waals surface area contributed by atoms with E-state index in [0.29, 0.717) is 0 Å². The summed E-state index contributed by atoms with van der Waals surface area (Å²) < 4.78 is 39.8. The molecule has 0 atom stereocenters. The average Bonchev–Trinajstić information content (AvgIpc) is 2.26. The van der Waals surface area contributed by atoms with E-state index < -0.39 is 17.7 Å². The van der Waals surface area contributed by atoms with Crippen LogP contribution in [0.15, 0.2) is 18.2 Å². The van der Waals surface area contributed by atoms with Crippen molar-refractivity contribution in [1.29, 1.82) is 0 Å². The number of nitro benzene ring substituents is 1. The number of alkyl halides is 3. The number of nitrogens with one attached hydrogen (secondary N) is 1. The maximum Gasteiger partial charge on any atom is 0.411 e. The first-order valence-electron chi connectivity index (χ1n) is 5.43. The maximum atomic E-state index is 11.8. The van der Waals surface area contributed by atoms with Gasteiger partial charge in [-0.2, -0.15) is 13.2 Å². The van der Waals surface area contributed by atoms with Crippen LogP contribution in [0.1, 0.15) is 5.56 Å². The molecule has 19 heavy (non-hydrogen) atoms. The Hall–Kier alpha value is -1.83. The second kappa shape index (κ2) is 6.37. The number of rotatable bonds is 6. The highest BCUT2D eigenvalue weighted by molar-refractivity contribution is 5.62. The van der Waals surface area contributed by atoms with E-state index in [2.05, 4.69) is 10.1 Å². The van der Waals surface area contributed by atoms with Crippen molar-refractivity contribution in [1.82, 2.24) is 0 Å². The van der Waals surface area contributed by atoms with Crippen LogP contribution in [0.2, 0.25) is 0 Å². The Kier molecular flexibility index (Phi) is 5.11. The van der Waals surface area contributed by atoms with Crippen LogP contribution in [0.5, 0.6) is 0 Å². The van der Waals surface area contributed by atoms with Gasteiger partial charge in [-0.15, -0.1) is 0 Å². The molecule has 1 aromatic carbocycles. The van der Waals surface area contributed by atoms with Crippen molar-refractivity contribution in [3.63, 3.8) is 0 Å². The van der Waals surface area contributed by atoms with Crippen molar-refractivity contribution >= 4 is 11.4 Å². The molecule has 0 spiro atoms. The van der Waals surface area contributed by atoms with Gasteiger partial charge in [0.25, 0.3) is 5.69 Å². The van der Waals surface area contributed by atoms with E-state index in [1.165, 1.54) is 6.07 Å². The van der Waals surface area contributed by atoms with Gasteiger partial charge in [0.1, 0.15) is 12.3 Å². The second-order valence-electron chi connectivity index (χ2n) is 3.87. The van der Waals surface area contributed by atoms with Crippen LogP contribution in [0.25, 0.3) is 0 Å². The zero-order chi connectivity index (χ0) is 14.5. The normalized spacial score (nSPS) is 11.4. The number of nitrogens with zero attached hydrogens (tertiary/aromatic N) is 1. The lowest BCUT2D eigenvalue weighted by Crippen LogP contribution is -2.20. The van der Waals surface area contributed by atoms with Gasteiger partial charge in [0.05, 0.1) is 11.5 Å². The third kappa shape index (κ3) is 5.56. The second-order valence-corrected chi connectivity index (χ2v) is 3.87. The fourth-order valence-corrected chi connectivity index (χ4v) is 1.40. The van der Waals surface area contributed by atoms with Gasteiger partial charge in [-0.3, -0.25) is 10.1 Å². The summed E-state index contributed by atoms with van der Waals surface area (Å²) in [7, 11) is 0. The monoisotopic (exact) mass is 278 g/mol. The molecular weight excluding hydrogens is 265 g/mol. The topological polar surface area (TPSA) is 64.4 Å². The quantitative estimate of drug-likeness (QED) is 0.493. The summed E-state index contributed by atoms with van der Waals surface area (Å²) in [6.07, 6.45) is -4.37. The summed E-state index contributed by atoms with van der Waals surface area (Å²) in [6.45, 7) is 0.296. The predicted octanol–water partition coefficient (Wildman–Crippen LogP) is 2.89. The molecule has 0 radical (unpaired) electrons. The van der Waals surface area contributed by atoms with E-state index in [4.69, 9.17) is 0 Å². The minimum Gasteiger partial charge on any atom is -0.377 e. The summed E-state index contributed by atoms with van der Waals surface area (Å²) in [6, 6.07) is 4.49. The van der Waals surface area contributed by atoms with Crippen LogP contribution in [0.4, 0.5) is 24.5 Å². The molecule has 5 nitrogen and oxygen atoms in total. The molecule has 106 valence electrons. The first-order chi connectivity index (χ1) is 8.79. The van der Waals surface area contributed by atoms with Crippen molar-refractivity contribution in [3.8, 4) is 0 Å². The molecule has 0 fully saturated rings. The summed E-state index contributed by atoms with van der Waals surface area (Å²) in [4.78, 5) is 10.2. The van der Waals surface area contributed by atoms with E-state index in [9.17, 15) is 23.3 Å². The van der Waals surface area contributed by atoms with E-state index in [1.807, 2.05) is 0 Å². The van der Waals surface area contributed by atoms with E-state index in [0.717, 1.165) is 5.56 Å². The summed E-state index contributed by atoms with van der Waals surface area (Å²) in [5.74, 6) is 0. The lowest BCUT2D eigenvalue weighted by atomic mass is 10.2. The molecule has 0 saturated carbocycles. The highest BCUT2D eigenvalue weighted by atomic mass is 19.4. The molecule has 0 bridgehead atoms. The van der Waals surface area contributed by atoms with Gasteiger partial charge >= 0.3 is 6.18 Å². The molecule has 0 amide bonds. The largest absolute Gasteiger partial charge is 0.411 e. The van der Waals surface area contributed by atoms with E-state index in [-0.39, 0.29) is 24.5 Å². The summed E-state index contributed by atoms with van der Waals surface area (Å²) >= 11 is 0. The Morgan fingerprint density at radius 1 is 1.42 bits per heavy atom. The summed E-state index contributed by atoms with van der Waals surface area (Å²) in [5.41, 5.74) is 0.950. The van der Waals surface area contributed by atoms with Crippen LogP contribution in [0, 0.1) is 17.0 Å². The highest BCUT2D eigenvalue weighted by Gasteiger charge is 2.27. The van der Waals surface area contributed by atoms with Crippen molar-refractivity contribution in [2.45, 2.75) is 13.1 Å². The molecule has 1 rings (SSSR count). The van der Waals surface area contributed by atoms with Gasteiger partial charge in [0, 0.05) is 12.6 Å². The minimum atomic E-state index is -4.37. The number of benzene rings is 1. The fraction of sp³-hybridized carbons (Fsp3) is 0.455. The zero-order valence-corrected chi connectivity index (χ0v) is 10.2. The molecular formula is C11H13F3N2O3.